The predicted octanol–water partition coefficient (Wildman–Crippen LogP) is 4.51. The largest absolute Gasteiger partial charge is 0.298 e. The Kier molecular flexibility index (Phi) is 2.47. The van der Waals surface area contributed by atoms with Crippen LogP contribution in [0.4, 0.5) is 0 Å². The maximum absolute atomic E-state index is 2.38. The van der Waals surface area contributed by atoms with Gasteiger partial charge >= 0.3 is 0 Å². The fourth-order valence-electron chi connectivity index (χ4n) is 3.08. The minimum atomic E-state index is 1.05. The Labute approximate surface area is 117 Å². The molecular formula is C17H15NS. The molecule has 1 aliphatic heterocycles. The maximum Gasteiger partial charge on any atom is 0.0343 e. The molecule has 1 aliphatic rings. The normalized spacial score (nSPS) is 15.0. The van der Waals surface area contributed by atoms with Gasteiger partial charge in [0.25, 0.3) is 0 Å². The third kappa shape index (κ3) is 1.79. The first-order valence-electron chi connectivity index (χ1n) is 6.58. The lowest BCUT2D eigenvalue weighted by Gasteiger charge is -2.26. The molecule has 2 heteroatoms. The van der Waals surface area contributed by atoms with Crippen molar-refractivity contribution in [2.24, 2.45) is 0 Å². The van der Waals surface area contributed by atoms with Crippen LogP contribution >= 0.6 is 11.3 Å². The van der Waals surface area contributed by atoms with Gasteiger partial charge in [0.05, 0.1) is 0 Å². The molecule has 0 unspecified atom stereocenters. The van der Waals surface area contributed by atoms with Gasteiger partial charge in [-0.3, -0.25) is 4.90 Å². The molecule has 0 fully saturated rings. The van der Waals surface area contributed by atoms with Crippen molar-refractivity contribution < 1.29 is 0 Å². The third-order valence-electron chi connectivity index (χ3n) is 3.83. The van der Waals surface area contributed by atoms with Gasteiger partial charge in [-0.2, -0.15) is 0 Å². The summed E-state index contributed by atoms with van der Waals surface area (Å²) in [4.78, 5) is 3.74. The first-order valence-corrected chi connectivity index (χ1v) is 7.46. The molecule has 0 saturated carbocycles. The summed E-state index contributed by atoms with van der Waals surface area (Å²) in [5.74, 6) is 0. The van der Waals surface area contributed by atoms with Crippen molar-refractivity contribution in [3.63, 3.8) is 0 Å². The molecule has 1 aromatic heterocycles. The average Bonchev–Trinajstić information content (AvgIpc) is 2.92. The summed E-state index contributed by atoms with van der Waals surface area (Å²) in [5, 5.41) is 5.00. The number of rotatable bonds is 1. The Hall–Kier alpha value is -1.64. The van der Waals surface area contributed by atoms with Gasteiger partial charge < -0.3 is 0 Å². The van der Waals surface area contributed by atoms with E-state index >= 15 is 0 Å². The van der Waals surface area contributed by atoms with E-state index in [1.807, 2.05) is 11.3 Å². The van der Waals surface area contributed by atoms with Crippen molar-refractivity contribution in [3.05, 3.63) is 59.0 Å². The first kappa shape index (κ1) is 11.2. The molecule has 2 aromatic carbocycles. The molecule has 0 aliphatic carbocycles. The van der Waals surface area contributed by atoms with Crippen molar-refractivity contribution in [1.82, 2.24) is 4.90 Å². The van der Waals surface area contributed by atoms with Crippen LogP contribution in [0, 0.1) is 0 Å². The molecule has 19 heavy (non-hydrogen) atoms. The lowest BCUT2D eigenvalue weighted by Crippen LogP contribution is -2.21. The van der Waals surface area contributed by atoms with Crippen molar-refractivity contribution in [3.8, 4) is 10.4 Å². The zero-order chi connectivity index (χ0) is 12.8. The number of hydrogen-bond acceptors (Lipinski definition) is 2. The van der Waals surface area contributed by atoms with Crippen molar-refractivity contribution in [2.45, 2.75) is 13.1 Å². The quantitative estimate of drug-likeness (QED) is 0.625. The fraction of sp³-hybridized carbons (Fsp3) is 0.176. The SMILES string of the molecule is CN1Cc2cccc3cc(-c4cccs4)cc(c23)C1. The summed E-state index contributed by atoms with van der Waals surface area (Å²) < 4.78 is 0. The minimum absolute atomic E-state index is 1.05. The van der Waals surface area contributed by atoms with Gasteiger partial charge in [-0.15, -0.1) is 11.3 Å². The Morgan fingerprint density at radius 3 is 2.74 bits per heavy atom. The van der Waals surface area contributed by atoms with Gasteiger partial charge in [-0.25, -0.2) is 0 Å². The Morgan fingerprint density at radius 1 is 1.00 bits per heavy atom. The van der Waals surface area contributed by atoms with Gasteiger partial charge in [-0.1, -0.05) is 24.3 Å². The van der Waals surface area contributed by atoms with Gasteiger partial charge in [0.1, 0.15) is 0 Å². The van der Waals surface area contributed by atoms with Crippen molar-refractivity contribution in [2.75, 3.05) is 7.05 Å². The number of benzene rings is 2. The van der Waals surface area contributed by atoms with Crippen LogP contribution < -0.4 is 0 Å². The molecule has 0 radical (unpaired) electrons. The van der Waals surface area contributed by atoms with Gasteiger partial charge in [0.15, 0.2) is 0 Å². The smallest absolute Gasteiger partial charge is 0.0343 e. The van der Waals surface area contributed by atoms with Gasteiger partial charge in [-0.05, 0) is 58.1 Å². The summed E-state index contributed by atoms with van der Waals surface area (Å²) in [6.07, 6.45) is 0. The lowest BCUT2D eigenvalue weighted by atomic mass is 9.93. The van der Waals surface area contributed by atoms with E-state index in [9.17, 15) is 0 Å². The summed E-state index contributed by atoms with van der Waals surface area (Å²) >= 11 is 1.81. The van der Waals surface area contributed by atoms with Crippen LogP contribution in [0.2, 0.25) is 0 Å². The summed E-state index contributed by atoms with van der Waals surface area (Å²) in [6.45, 7) is 2.11. The van der Waals surface area contributed by atoms with Crippen LogP contribution in [0.15, 0.2) is 47.8 Å². The van der Waals surface area contributed by atoms with Crippen LogP contribution in [0.1, 0.15) is 11.1 Å². The van der Waals surface area contributed by atoms with E-state index in [1.54, 1.807) is 0 Å². The molecule has 0 N–H and O–H groups in total. The molecule has 0 bridgehead atoms. The molecule has 0 atom stereocenters. The number of hydrogen-bond donors (Lipinski definition) is 0. The van der Waals surface area contributed by atoms with E-state index < -0.39 is 0 Å². The average molecular weight is 265 g/mol. The zero-order valence-electron chi connectivity index (χ0n) is 10.9. The molecule has 94 valence electrons. The molecule has 3 aromatic rings. The highest BCUT2D eigenvalue weighted by Crippen LogP contribution is 2.35. The fourth-order valence-corrected chi connectivity index (χ4v) is 3.79. The summed E-state index contributed by atoms with van der Waals surface area (Å²) in [7, 11) is 2.19. The standard InChI is InChI=1S/C17H15NS/c1-18-10-13-5-2-4-12-8-14(16-6-3-7-19-16)9-15(11-18)17(12)13/h2-9H,10-11H2,1H3. The van der Waals surface area contributed by atoms with Gasteiger partial charge in [0.2, 0.25) is 0 Å². The molecule has 0 amide bonds. The predicted molar refractivity (Wildman–Crippen MR) is 82.4 cm³/mol. The lowest BCUT2D eigenvalue weighted by molar-refractivity contribution is 0.314. The van der Waals surface area contributed by atoms with E-state index in [0.717, 1.165) is 13.1 Å². The van der Waals surface area contributed by atoms with Crippen LogP contribution in [0.3, 0.4) is 0 Å². The monoisotopic (exact) mass is 265 g/mol. The number of thiophene rings is 1. The molecule has 0 spiro atoms. The summed E-state index contributed by atoms with van der Waals surface area (Å²) in [6, 6.07) is 15.7. The Morgan fingerprint density at radius 2 is 1.89 bits per heavy atom. The zero-order valence-corrected chi connectivity index (χ0v) is 11.7. The summed E-state index contributed by atoms with van der Waals surface area (Å²) in [5.41, 5.74) is 4.27. The van der Waals surface area contributed by atoms with E-state index in [0.29, 0.717) is 0 Å². The second-order valence-corrected chi connectivity index (χ2v) is 6.25. The topological polar surface area (TPSA) is 3.24 Å². The second-order valence-electron chi connectivity index (χ2n) is 5.30. The van der Waals surface area contributed by atoms with Crippen LogP contribution in [-0.2, 0) is 13.1 Å². The van der Waals surface area contributed by atoms with Crippen LogP contribution in [0.25, 0.3) is 21.2 Å². The molecule has 1 nitrogen and oxygen atoms in total. The first-order chi connectivity index (χ1) is 9.31. The second kappa shape index (κ2) is 4.19. The third-order valence-corrected chi connectivity index (χ3v) is 4.75. The van der Waals surface area contributed by atoms with E-state index in [2.05, 4.69) is 59.8 Å². The van der Waals surface area contributed by atoms with Crippen LogP contribution in [0.5, 0.6) is 0 Å². The van der Waals surface area contributed by atoms with E-state index in [4.69, 9.17) is 0 Å². The molecular weight excluding hydrogens is 250 g/mol. The number of nitrogens with zero attached hydrogens (tertiary/aromatic N) is 1. The molecule has 4 rings (SSSR count). The Balaban J connectivity index is 2.02. The molecule has 2 heterocycles. The van der Waals surface area contributed by atoms with Crippen molar-refractivity contribution >= 4 is 22.1 Å². The highest BCUT2D eigenvalue weighted by molar-refractivity contribution is 7.13. The minimum Gasteiger partial charge on any atom is -0.298 e. The highest BCUT2D eigenvalue weighted by atomic mass is 32.1. The van der Waals surface area contributed by atoms with E-state index in [-0.39, 0.29) is 0 Å². The van der Waals surface area contributed by atoms with E-state index in [1.165, 1.54) is 32.3 Å². The maximum atomic E-state index is 2.38. The van der Waals surface area contributed by atoms with Gasteiger partial charge in [0, 0.05) is 18.0 Å². The Bertz CT molecular complexity index is 743. The highest BCUT2D eigenvalue weighted by Gasteiger charge is 2.16. The van der Waals surface area contributed by atoms with Crippen LogP contribution in [-0.4, -0.2) is 11.9 Å². The van der Waals surface area contributed by atoms with Crippen molar-refractivity contribution in [1.29, 1.82) is 0 Å². The molecule has 0 saturated heterocycles.